The highest BCUT2D eigenvalue weighted by atomic mass is 16.3. The first-order chi connectivity index (χ1) is 27.2. The summed E-state index contributed by atoms with van der Waals surface area (Å²) in [6.07, 6.45) is 0. The third kappa shape index (κ3) is 6.16. The van der Waals surface area contributed by atoms with Gasteiger partial charge in [-0.1, -0.05) is 170 Å². The van der Waals surface area contributed by atoms with Crippen molar-refractivity contribution in [1.82, 2.24) is 15.0 Å². The van der Waals surface area contributed by atoms with Crippen LogP contribution in [0.3, 0.4) is 0 Å². The molecule has 4 heteroatoms. The molecule has 10 rings (SSSR count). The molecule has 0 unspecified atom stereocenters. The van der Waals surface area contributed by atoms with Gasteiger partial charge in [0.2, 0.25) is 0 Å². The van der Waals surface area contributed by atoms with E-state index in [4.69, 9.17) is 19.4 Å². The van der Waals surface area contributed by atoms with Crippen molar-refractivity contribution in [2.24, 2.45) is 0 Å². The average molecular weight is 704 g/mol. The van der Waals surface area contributed by atoms with Crippen LogP contribution in [-0.4, -0.2) is 15.0 Å². The van der Waals surface area contributed by atoms with Crippen LogP contribution in [0.5, 0.6) is 0 Å². The van der Waals surface area contributed by atoms with Crippen molar-refractivity contribution in [3.8, 4) is 78.7 Å². The Bertz CT molecular complexity index is 2890. The van der Waals surface area contributed by atoms with Crippen LogP contribution in [-0.2, 0) is 0 Å². The maximum absolute atomic E-state index is 7.01. The molecule has 0 bridgehead atoms. The van der Waals surface area contributed by atoms with Gasteiger partial charge in [-0.3, -0.25) is 0 Å². The zero-order valence-electron chi connectivity index (χ0n) is 29.8. The summed E-state index contributed by atoms with van der Waals surface area (Å²) in [5.74, 6) is 1.86. The first-order valence-corrected chi connectivity index (χ1v) is 18.4. The van der Waals surface area contributed by atoms with Crippen molar-refractivity contribution in [2.75, 3.05) is 0 Å². The smallest absolute Gasteiger partial charge is 0.164 e. The van der Waals surface area contributed by atoms with Gasteiger partial charge in [-0.05, 0) is 69.3 Å². The molecule has 258 valence electrons. The molecule has 10 aromatic rings. The van der Waals surface area contributed by atoms with Crippen molar-refractivity contribution >= 4 is 21.9 Å². The molecule has 0 N–H and O–H groups in total. The third-order valence-electron chi connectivity index (χ3n) is 10.1. The van der Waals surface area contributed by atoms with Gasteiger partial charge in [0.25, 0.3) is 0 Å². The lowest BCUT2D eigenvalue weighted by Crippen LogP contribution is -2.00. The zero-order chi connectivity index (χ0) is 36.6. The molecule has 0 spiro atoms. The monoisotopic (exact) mass is 703 g/mol. The van der Waals surface area contributed by atoms with Crippen molar-refractivity contribution in [1.29, 1.82) is 0 Å². The molecule has 2 aromatic heterocycles. The molecule has 0 aliphatic heterocycles. The molecule has 0 radical (unpaired) electrons. The van der Waals surface area contributed by atoms with Crippen LogP contribution < -0.4 is 0 Å². The van der Waals surface area contributed by atoms with E-state index in [0.717, 1.165) is 83.1 Å². The molecular weight excluding hydrogens is 671 g/mol. The fourth-order valence-corrected chi connectivity index (χ4v) is 7.43. The third-order valence-corrected chi connectivity index (χ3v) is 10.1. The second-order valence-electron chi connectivity index (χ2n) is 13.6. The maximum Gasteiger partial charge on any atom is 0.164 e. The fourth-order valence-electron chi connectivity index (χ4n) is 7.43. The molecule has 0 aliphatic rings. The van der Waals surface area contributed by atoms with Crippen molar-refractivity contribution < 1.29 is 4.42 Å². The van der Waals surface area contributed by atoms with E-state index in [1.165, 1.54) is 0 Å². The Kier molecular flexibility index (Phi) is 8.12. The second-order valence-corrected chi connectivity index (χ2v) is 13.6. The van der Waals surface area contributed by atoms with E-state index in [1.807, 2.05) is 60.7 Å². The minimum absolute atomic E-state index is 0.605. The fraction of sp³-hybridized carbons (Fsp3) is 0. The normalized spacial score (nSPS) is 11.3. The van der Waals surface area contributed by atoms with Gasteiger partial charge in [0, 0.05) is 33.0 Å². The quantitative estimate of drug-likeness (QED) is 0.166. The zero-order valence-corrected chi connectivity index (χ0v) is 29.8. The van der Waals surface area contributed by atoms with Crippen LogP contribution in [0.4, 0.5) is 0 Å². The summed E-state index contributed by atoms with van der Waals surface area (Å²) >= 11 is 0. The lowest BCUT2D eigenvalue weighted by Gasteiger charge is -2.11. The van der Waals surface area contributed by atoms with Gasteiger partial charge in [0.05, 0.1) is 0 Å². The van der Waals surface area contributed by atoms with Gasteiger partial charge >= 0.3 is 0 Å². The molecule has 0 atom stereocenters. The van der Waals surface area contributed by atoms with Gasteiger partial charge in [-0.15, -0.1) is 0 Å². The van der Waals surface area contributed by atoms with Crippen molar-refractivity contribution in [3.05, 3.63) is 200 Å². The number of furan rings is 1. The molecule has 4 nitrogen and oxygen atoms in total. The highest BCUT2D eigenvalue weighted by molar-refractivity contribution is 6.17. The molecule has 0 aliphatic carbocycles. The largest absolute Gasteiger partial charge is 0.455 e. The summed E-state index contributed by atoms with van der Waals surface area (Å²) in [5.41, 5.74) is 13.2. The Morgan fingerprint density at radius 3 is 1.25 bits per heavy atom. The van der Waals surface area contributed by atoms with E-state index in [0.29, 0.717) is 17.5 Å². The maximum atomic E-state index is 7.01. The molecule has 0 saturated carbocycles. The van der Waals surface area contributed by atoms with Gasteiger partial charge in [0.1, 0.15) is 11.2 Å². The molecule has 2 heterocycles. The highest BCUT2D eigenvalue weighted by Crippen LogP contribution is 2.45. The average Bonchev–Trinajstić information content (AvgIpc) is 3.66. The molecule has 0 amide bonds. The summed E-state index contributed by atoms with van der Waals surface area (Å²) in [6, 6.07) is 69.3. The molecule has 0 fully saturated rings. The van der Waals surface area contributed by atoms with Gasteiger partial charge in [-0.2, -0.15) is 0 Å². The standard InChI is InChI=1S/C51H33N3O/c1-6-17-34(18-7-1)41-31-44(48-45(32-41)47-43(36-21-10-3-11-22-36)30-42(33-46(47)55-48)35-19-8-2-9-20-35)39-27-16-28-40(29-39)51-53-49(37-23-12-4-13-24-37)52-50(54-51)38-25-14-5-15-26-38/h1-33H. The first-order valence-electron chi connectivity index (χ1n) is 18.4. The summed E-state index contributed by atoms with van der Waals surface area (Å²) in [6.45, 7) is 0. The van der Waals surface area contributed by atoms with E-state index >= 15 is 0 Å². The van der Waals surface area contributed by atoms with E-state index < -0.39 is 0 Å². The highest BCUT2D eigenvalue weighted by Gasteiger charge is 2.21. The van der Waals surface area contributed by atoms with Crippen LogP contribution in [0.15, 0.2) is 205 Å². The Balaban J connectivity index is 1.22. The lowest BCUT2D eigenvalue weighted by atomic mass is 9.91. The van der Waals surface area contributed by atoms with Gasteiger partial charge in [-0.25, -0.2) is 15.0 Å². The van der Waals surface area contributed by atoms with Crippen LogP contribution in [0.25, 0.3) is 101 Å². The van der Waals surface area contributed by atoms with E-state index in [-0.39, 0.29) is 0 Å². The Morgan fingerprint density at radius 2 is 0.709 bits per heavy atom. The summed E-state index contributed by atoms with van der Waals surface area (Å²) in [7, 11) is 0. The number of rotatable bonds is 7. The van der Waals surface area contributed by atoms with Crippen LogP contribution in [0.1, 0.15) is 0 Å². The van der Waals surface area contributed by atoms with E-state index in [2.05, 4.69) is 140 Å². The van der Waals surface area contributed by atoms with Crippen LogP contribution >= 0.6 is 0 Å². The molecule has 0 saturated heterocycles. The predicted octanol–water partition coefficient (Wildman–Crippen LogP) is 13.4. The Hall–Kier alpha value is -7.43. The number of aromatic nitrogens is 3. The minimum atomic E-state index is 0.605. The van der Waals surface area contributed by atoms with E-state index in [1.54, 1.807) is 0 Å². The van der Waals surface area contributed by atoms with Crippen LogP contribution in [0.2, 0.25) is 0 Å². The van der Waals surface area contributed by atoms with Crippen molar-refractivity contribution in [2.45, 2.75) is 0 Å². The number of benzene rings is 8. The number of hydrogen-bond donors (Lipinski definition) is 0. The van der Waals surface area contributed by atoms with Crippen LogP contribution in [0, 0.1) is 0 Å². The Labute approximate surface area is 319 Å². The number of nitrogens with zero attached hydrogens (tertiary/aromatic N) is 3. The summed E-state index contributed by atoms with van der Waals surface area (Å²) in [4.78, 5) is 15.0. The van der Waals surface area contributed by atoms with Gasteiger partial charge < -0.3 is 4.42 Å². The van der Waals surface area contributed by atoms with Crippen molar-refractivity contribution in [3.63, 3.8) is 0 Å². The molecule has 8 aromatic carbocycles. The summed E-state index contributed by atoms with van der Waals surface area (Å²) in [5, 5.41) is 2.15. The number of hydrogen-bond acceptors (Lipinski definition) is 4. The SMILES string of the molecule is c1ccc(-c2cc(-c3ccccc3)c3c(c2)oc2c(-c4cccc(-c5nc(-c6ccccc6)nc(-c6ccccc6)n5)c4)cc(-c4ccccc4)cc23)cc1. The minimum Gasteiger partial charge on any atom is -0.455 e. The second kappa shape index (κ2) is 13.8. The first kappa shape index (κ1) is 32.2. The Morgan fingerprint density at radius 1 is 0.291 bits per heavy atom. The van der Waals surface area contributed by atoms with E-state index in [9.17, 15) is 0 Å². The lowest BCUT2D eigenvalue weighted by molar-refractivity contribution is 0.670. The predicted molar refractivity (Wildman–Crippen MR) is 225 cm³/mol. The van der Waals surface area contributed by atoms with Gasteiger partial charge in [0.15, 0.2) is 17.5 Å². The molecular formula is C51H33N3O. The molecule has 55 heavy (non-hydrogen) atoms. The number of fused-ring (bicyclic) bond motifs is 3. The topological polar surface area (TPSA) is 51.8 Å². The summed E-state index contributed by atoms with van der Waals surface area (Å²) < 4.78 is 7.01.